The molecule has 3 amide bonds. The Hall–Kier alpha value is -2.68. The maximum Gasteiger partial charge on any atom is 0.323 e. The summed E-state index contributed by atoms with van der Waals surface area (Å²) < 4.78 is 4.91. The summed E-state index contributed by atoms with van der Waals surface area (Å²) in [6.45, 7) is -1.35. The van der Waals surface area contributed by atoms with E-state index >= 15 is 0 Å². The van der Waals surface area contributed by atoms with Crippen molar-refractivity contribution in [3.05, 3.63) is 24.2 Å². The monoisotopic (exact) mass is 379 g/mol. The molecule has 2 rings (SSSR count). The molecular formula is C18H25N3O6. The molecule has 0 saturated heterocycles. The molecule has 0 aliphatic heterocycles. The van der Waals surface area contributed by atoms with Crippen LogP contribution in [0.25, 0.3) is 0 Å². The zero-order valence-corrected chi connectivity index (χ0v) is 15.1. The van der Waals surface area contributed by atoms with Gasteiger partial charge >= 0.3 is 5.97 Å². The minimum absolute atomic E-state index is 0.162. The van der Waals surface area contributed by atoms with E-state index < -0.39 is 42.8 Å². The van der Waals surface area contributed by atoms with E-state index in [1.165, 1.54) is 24.8 Å². The SMILES string of the molecule is N[C@@H](CC1CCCCC1)C(=O)NCC(=O)N(CC(=O)O)C(=O)c1ccco1. The molecule has 148 valence electrons. The summed E-state index contributed by atoms with van der Waals surface area (Å²) >= 11 is 0. The number of nitrogens with zero attached hydrogens (tertiary/aromatic N) is 1. The lowest BCUT2D eigenvalue weighted by Crippen LogP contribution is -2.49. The van der Waals surface area contributed by atoms with Crippen molar-refractivity contribution in [3.63, 3.8) is 0 Å². The van der Waals surface area contributed by atoms with Gasteiger partial charge in [-0.25, -0.2) is 0 Å². The molecule has 0 bridgehead atoms. The maximum atomic E-state index is 12.3. The van der Waals surface area contributed by atoms with Crippen molar-refractivity contribution in [2.75, 3.05) is 13.1 Å². The first-order chi connectivity index (χ1) is 12.9. The van der Waals surface area contributed by atoms with Gasteiger partial charge in [-0.3, -0.25) is 24.1 Å². The average molecular weight is 379 g/mol. The molecule has 0 aromatic carbocycles. The zero-order chi connectivity index (χ0) is 19.8. The number of carbonyl (C=O) groups is 4. The van der Waals surface area contributed by atoms with Crippen LogP contribution in [0, 0.1) is 5.92 Å². The maximum absolute atomic E-state index is 12.3. The van der Waals surface area contributed by atoms with Crippen molar-refractivity contribution in [2.24, 2.45) is 11.7 Å². The molecule has 27 heavy (non-hydrogen) atoms. The Kier molecular flexibility index (Phi) is 7.54. The van der Waals surface area contributed by atoms with Gasteiger partial charge in [0.05, 0.1) is 18.8 Å². The number of amides is 3. The van der Waals surface area contributed by atoms with Gasteiger partial charge in [0.15, 0.2) is 5.76 Å². The van der Waals surface area contributed by atoms with E-state index in [2.05, 4.69) is 5.32 Å². The third-order valence-corrected chi connectivity index (χ3v) is 4.63. The molecule has 1 atom stereocenters. The van der Waals surface area contributed by atoms with Crippen molar-refractivity contribution in [1.29, 1.82) is 0 Å². The van der Waals surface area contributed by atoms with E-state index in [1.54, 1.807) is 0 Å². The van der Waals surface area contributed by atoms with Crippen molar-refractivity contribution in [1.82, 2.24) is 10.2 Å². The number of carboxylic acid groups (broad SMARTS) is 1. The van der Waals surface area contributed by atoms with Gasteiger partial charge in [-0.1, -0.05) is 32.1 Å². The number of imide groups is 1. The van der Waals surface area contributed by atoms with Crippen molar-refractivity contribution in [2.45, 2.75) is 44.6 Å². The van der Waals surface area contributed by atoms with Crippen LogP contribution in [0.4, 0.5) is 0 Å². The molecule has 0 spiro atoms. The van der Waals surface area contributed by atoms with Crippen LogP contribution in [0.15, 0.2) is 22.8 Å². The van der Waals surface area contributed by atoms with Gasteiger partial charge in [0.2, 0.25) is 11.8 Å². The first-order valence-corrected chi connectivity index (χ1v) is 9.01. The molecule has 1 fully saturated rings. The molecule has 0 unspecified atom stereocenters. The van der Waals surface area contributed by atoms with E-state index in [0.29, 0.717) is 17.2 Å². The van der Waals surface area contributed by atoms with Gasteiger partial charge in [-0.2, -0.15) is 0 Å². The van der Waals surface area contributed by atoms with Crippen molar-refractivity contribution >= 4 is 23.7 Å². The number of nitrogens with one attached hydrogen (secondary N) is 1. The Morgan fingerprint density at radius 2 is 1.96 bits per heavy atom. The standard InChI is InChI=1S/C18H25N3O6/c19-13(9-12-5-2-1-3-6-12)17(25)20-10-15(22)21(11-16(23)24)18(26)14-7-4-8-27-14/h4,7-8,12-13H,1-3,5-6,9-11,19H2,(H,20,25)(H,23,24)/t13-/m0/s1. The molecule has 1 saturated carbocycles. The second-order valence-corrected chi connectivity index (χ2v) is 6.72. The highest BCUT2D eigenvalue weighted by atomic mass is 16.4. The Morgan fingerprint density at radius 3 is 2.56 bits per heavy atom. The number of carboxylic acids is 1. The van der Waals surface area contributed by atoms with Crippen LogP contribution in [0.1, 0.15) is 49.1 Å². The molecule has 1 aliphatic carbocycles. The Bertz CT molecular complexity index is 667. The summed E-state index contributed by atoms with van der Waals surface area (Å²) in [6.07, 6.45) is 7.35. The fraction of sp³-hybridized carbons (Fsp3) is 0.556. The average Bonchev–Trinajstić information content (AvgIpc) is 3.18. The van der Waals surface area contributed by atoms with Crippen LogP contribution >= 0.6 is 0 Å². The van der Waals surface area contributed by atoms with Gasteiger partial charge in [0.25, 0.3) is 5.91 Å². The molecule has 1 heterocycles. The lowest BCUT2D eigenvalue weighted by atomic mass is 9.85. The number of hydrogen-bond donors (Lipinski definition) is 3. The Labute approximate surface area is 156 Å². The number of rotatable bonds is 8. The fourth-order valence-corrected chi connectivity index (χ4v) is 3.22. The van der Waals surface area contributed by atoms with E-state index in [1.807, 2.05) is 0 Å². The minimum atomic E-state index is -1.36. The second-order valence-electron chi connectivity index (χ2n) is 6.72. The topological polar surface area (TPSA) is 143 Å². The van der Waals surface area contributed by atoms with Crippen LogP contribution in [-0.2, 0) is 14.4 Å². The van der Waals surface area contributed by atoms with E-state index in [0.717, 1.165) is 25.7 Å². The highest BCUT2D eigenvalue weighted by Crippen LogP contribution is 2.26. The van der Waals surface area contributed by atoms with Crippen molar-refractivity contribution in [3.8, 4) is 0 Å². The Balaban J connectivity index is 1.88. The zero-order valence-electron chi connectivity index (χ0n) is 15.1. The lowest BCUT2D eigenvalue weighted by molar-refractivity contribution is -0.142. The smallest absolute Gasteiger partial charge is 0.323 e. The van der Waals surface area contributed by atoms with Gasteiger partial charge in [-0.15, -0.1) is 0 Å². The summed E-state index contributed by atoms with van der Waals surface area (Å²) in [5.41, 5.74) is 5.92. The molecule has 1 aliphatic rings. The number of aliphatic carboxylic acids is 1. The highest BCUT2D eigenvalue weighted by Gasteiger charge is 2.28. The molecule has 4 N–H and O–H groups in total. The van der Waals surface area contributed by atoms with E-state index in [4.69, 9.17) is 15.3 Å². The largest absolute Gasteiger partial charge is 0.480 e. The Morgan fingerprint density at radius 1 is 1.26 bits per heavy atom. The van der Waals surface area contributed by atoms with Gasteiger partial charge in [-0.05, 0) is 24.5 Å². The van der Waals surface area contributed by atoms with Gasteiger partial charge in [0.1, 0.15) is 6.54 Å². The summed E-state index contributed by atoms with van der Waals surface area (Å²) in [6, 6.07) is 2.03. The van der Waals surface area contributed by atoms with Crippen LogP contribution < -0.4 is 11.1 Å². The summed E-state index contributed by atoms with van der Waals surface area (Å²) in [5, 5.41) is 11.3. The minimum Gasteiger partial charge on any atom is -0.480 e. The highest BCUT2D eigenvalue weighted by molar-refractivity contribution is 6.06. The first kappa shape index (κ1) is 20.6. The number of nitrogens with two attached hydrogens (primary N) is 1. The molecule has 1 aromatic heterocycles. The van der Waals surface area contributed by atoms with Crippen LogP contribution in [-0.4, -0.2) is 52.8 Å². The van der Waals surface area contributed by atoms with Crippen LogP contribution in [0.2, 0.25) is 0 Å². The number of furan rings is 1. The molecule has 0 radical (unpaired) electrons. The normalized spacial score (nSPS) is 15.7. The predicted octanol–water partition coefficient (Wildman–Crippen LogP) is 0.747. The molecule has 9 nitrogen and oxygen atoms in total. The van der Waals surface area contributed by atoms with Gasteiger partial charge < -0.3 is 20.6 Å². The lowest BCUT2D eigenvalue weighted by Gasteiger charge is -2.24. The van der Waals surface area contributed by atoms with E-state index in [9.17, 15) is 19.2 Å². The van der Waals surface area contributed by atoms with Crippen molar-refractivity contribution < 1.29 is 28.7 Å². The fourth-order valence-electron chi connectivity index (χ4n) is 3.22. The number of carbonyl (C=O) groups excluding carboxylic acids is 3. The molecule has 1 aromatic rings. The van der Waals surface area contributed by atoms with Crippen LogP contribution in [0.5, 0.6) is 0 Å². The third kappa shape index (κ3) is 6.21. The quantitative estimate of drug-likeness (QED) is 0.604. The van der Waals surface area contributed by atoms with Crippen LogP contribution in [0.3, 0.4) is 0 Å². The third-order valence-electron chi connectivity index (χ3n) is 4.63. The summed E-state index contributed by atoms with van der Waals surface area (Å²) in [4.78, 5) is 48.1. The summed E-state index contributed by atoms with van der Waals surface area (Å²) in [7, 11) is 0. The second kappa shape index (κ2) is 9.86. The first-order valence-electron chi connectivity index (χ1n) is 9.01. The summed E-state index contributed by atoms with van der Waals surface area (Å²) in [5.74, 6) is -3.34. The number of hydrogen-bond acceptors (Lipinski definition) is 6. The molecule has 9 heteroatoms. The van der Waals surface area contributed by atoms with Gasteiger partial charge in [0, 0.05) is 0 Å². The van der Waals surface area contributed by atoms with E-state index in [-0.39, 0.29) is 5.76 Å². The predicted molar refractivity (Wildman–Crippen MR) is 94.6 cm³/mol. The molecular weight excluding hydrogens is 354 g/mol.